The summed E-state index contributed by atoms with van der Waals surface area (Å²) in [7, 11) is 3.50. The Hall–Kier alpha value is -1.76. The maximum atomic E-state index is 11.7. The number of alkyl carbamates (subject to hydrolysis) is 1. The lowest BCUT2D eigenvalue weighted by atomic mass is 10.2. The predicted octanol–water partition coefficient (Wildman–Crippen LogP) is 1.49. The van der Waals surface area contributed by atoms with Crippen LogP contribution in [-0.4, -0.2) is 40.7 Å². The molecule has 1 aromatic rings. The molecule has 1 saturated carbocycles. The van der Waals surface area contributed by atoms with Gasteiger partial charge in [0, 0.05) is 25.7 Å². The minimum Gasteiger partial charge on any atom is -0.481 e. The molecule has 0 spiro atoms. The van der Waals surface area contributed by atoms with E-state index < -0.39 is 5.60 Å². The van der Waals surface area contributed by atoms with Crippen LogP contribution in [0, 0.1) is 6.92 Å². The Morgan fingerprint density at radius 1 is 1.41 bits per heavy atom. The summed E-state index contributed by atoms with van der Waals surface area (Å²) in [5.74, 6) is 0.766. The highest BCUT2D eigenvalue weighted by molar-refractivity contribution is 5.68. The second kappa shape index (κ2) is 6.16. The molecule has 1 amide bonds. The summed E-state index contributed by atoms with van der Waals surface area (Å²) in [6.45, 7) is 8.19. The van der Waals surface area contributed by atoms with E-state index in [0.717, 1.165) is 23.6 Å². The fourth-order valence-corrected chi connectivity index (χ4v) is 2.41. The Bertz CT molecular complexity index is 548. The number of carbonyl (C=O) groups is 1. The lowest BCUT2D eigenvalue weighted by Gasteiger charge is -2.19. The van der Waals surface area contributed by atoms with E-state index in [1.165, 1.54) is 0 Å². The largest absolute Gasteiger partial charge is 0.481 e. The first-order chi connectivity index (χ1) is 10.2. The van der Waals surface area contributed by atoms with Gasteiger partial charge in [0.05, 0.1) is 18.4 Å². The molecule has 7 nitrogen and oxygen atoms in total. The van der Waals surface area contributed by atoms with E-state index in [1.807, 2.05) is 34.7 Å². The molecular weight excluding hydrogens is 284 g/mol. The Balaban J connectivity index is 1.80. The third-order valence-electron chi connectivity index (χ3n) is 3.52. The van der Waals surface area contributed by atoms with Crippen molar-refractivity contribution in [2.24, 2.45) is 7.05 Å². The van der Waals surface area contributed by atoms with Gasteiger partial charge in [0.1, 0.15) is 5.60 Å². The van der Waals surface area contributed by atoms with Crippen molar-refractivity contribution < 1.29 is 14.3 Å². The molecule has 0 aliphatic heterocycles. The number of methoxy groups -OCH3 is 1. The fourth-order valence-electron chi connectivity index (χ4n) is 2.41. The molecule has 2 rings (SSSR count). The van der Waals surface area contributed by atoms with Crippen molar-refractivity contribution in [1.82, 2.24) is 20.4 Å². The standard InChI is InChI=1S/C15H26N4O3/c1-9-10(13(21-6)19(5)18-9)8-16-11-7-12(11)17-14(20)22-15(2,3)4/h11-12,16H,7-8H2,1-6H3,(H,17,20). The van der Waals surface area contributed by atoms with Gasteiger partial charge in [-0.05, 0) is 34.1 Å². The Morgan fingerprint density at radius 3 is 2.68 bits per heavy atom. The van der Waals surface area contributed by atoms with Gasteiger partial charge in [0.15, 0.2) is 0 Å². The minimum atomic E-state index is -0.470. The van der Waals surface area contributed by atoms with Crippen molar-refractivity contribution in [3.05, 3.63) is 11.3 Å². The molecule has 0 saturated heterocycles. The van der Waals surface area contributed by atoms with E-state index in [-0.39, 0.29) is 18.2 Å². The van der Waals surface area contributed by atoms with Crippen LogP contribution >= 0.6 is 0 Å². The molecular formula is C15H26N4O3. The summed E-state index contributed by atoms with van der Waals surface area (Å²) in [4.78, 5) is 11.7. The summed E-state index contributed by atoms with van der Waals surface area (Å²) >= 11 is 0. The van der Waals surface area contributed by atoms with Crippen molar-refractivity contribution in [2.45, 2.75) is 58.3 Å². The minimum absolute atomic E-state index is 0.123. The first-order valence-corrected chi connectivity index (χ1v) is 7.50. The number of aryl methyl sites for hydroxylation is 2. The third-order valence-corrected chi connectivity index (χ3v) is 3.52. The maximum absolute atomic E-state index is 11.7. The molecule has 2 unspecified atom stereocenters. The number of hydrogen-bond acceptors (Lipinski definition) is 5. The van der Waals surface area contributed by atoms with Crippen LogP contribution in [-0.2, 0) is 18.3 Å². The number of rotatable bonds is 5. The SMILES string of the molecule is COc1c(CNC2CC2NC(=O)OC(C)(C)C)c(C)nn1C. The normalized spacial score (nSPS) is 20.6. The summed E-state index contributed by atoms with van der Waals surface area (Å²) in [5.41, 5.74) is 1.53. The quantitative estimate of drug-likeness (QED) is 0.861. The molecule has 22 heavy (non-hydrogen) atoms. The topological polar surface area (TPSA) is 77.4 Å². The van der Waals surface area contributed by atoms with Crippen LogP contribution in [0.15, 0.2) is 0 Å². The molecule has 2 atom stereocenters. The second-order valence-electron chi connectivity index (χ2n) is 6.67. The molecule has 1 aromatic heterocycles. The van der Waals surface area contributed by atoms with Crippen LogP contribution in [0.2, 0.25) is 0 Å². The third kappa shape index (κ3) is 4.13. The van der Waals surface area contributed by atoms with Gasteiger partial charge in [-0.3, -0.25) is 0 Å². The van der Waals surface area contributed by atoms with Crippen LogP contribution in [0.1, 0.15) is 38.4 Å². The number of amides is 1. The zero-order chi connectivity index (χ0) is 16.5. The van der Waals surface area contributed by atoms with E-state index in [1.54, 1.807) is 11.8 Å². The molecule has 0 aromatic carbocycles. The predicted molar refractivity (Wildman–Crippen MR) is 82.9 cm³/mol. The van der Waals surface area contributed by atoms with Crippen molar-refractivity contribution in [2.75, 3.05) is 7.11 Å². The number of nitrogens with zero attached hydrogens (tertiary/aromatic N) is 2. The highest BCUT2D eigenvalue weighted by Crippen LogP contribution is 2.25. The lowest BCUT2D eigenvalue weighted by molar-refractivity contribution is 0.0522. The number of hydrogen-bond donors (Lipinski definition) is 2. The van der Waals surface area contributed by atoms with Gasteiger partial charge in [-0.15, -0.1) is 0 Å². The van der Waals surface area contributed by atoms with Crippen molar-refractivity contribution in [1.29, 1.82) is 0 Å². The zero-order valence-corrected chi connectivity index (χ0v) is 14.2. The average molecular weight is 310 g/mol. The highest BCUT2D eigenvalue weighted by atomic mass is 16.6. The molecule has 0 radical (unpaired) electrons. The summed E-state index contributed by atoms with van der Waals surface area (Å²) < 4.78 is 12.3. The Kier molecular flexibility index (Phi) is 4.65. The molecule has 1 aliphatic rings. The Morgan fingerprint density at radius 2 is 2.09 bits per heavy atom. The van der Waals surface area contributed by atoms with Gasteiger partial charge in [-0.2, -0.15) is 5.10 Å². The van der Waals surface area contributed by atoms with E-state index in [9.17, 15) is 4.79 Å². The van der Waals surface area contributed by atoms with Gasteiger partial charge in [-0.25, -0.2) is 9.48 Å². The molecule has 0 bridgehead atoms. The van der Waals surface area contributed by atoms with Crippen LogP contribution in [0.3, 0.4) is 0 Å². The second-order valence-corrected chi connectivity index (χ2v) is 6.67. The number of ether oxygens (including phenoxy) is 2. The smallest absolute Gasteiger partial charge is 0.407 e. The van der Waals surface area contributed by atoms with Crippen LogP contribution in [0.5, 0.6) is 5.88 Å². The summed E-state index contributed by atoms with van der Waals surface area (Å²) in [6.07, 6.45) is 0.540. The summed E-state index contributed by atoms with van der Waals surface area (Å²) in [6, 6.07) is 0.384. The molecule has 7 heteroatoms. The van der Waals surface area contributed by atoms with Crippen molar-refractivity contribution in [3.8, 4) is 5.88 Å². The number of aromatic nitrogens is 2. The first-order valence-electron chi connectivity index (χ1n) is 7.50. The average Bonchev–Trinajstić information content (AvgIpc) is 3.02. The van der Waals surface area contributed by atoms with Crippen LogP contribution in [0.25, 0.3) is 0 Å². The highest BCUT2D eigenvalue weighted by Gasteiger charge is 2.39. The molecule has 1 fully saturated rings. The molecule has 1 heterocycles. The fraction of sp³-hybridized carbons (Fsp3) is 0.733. The van der Waals surface area contributed by atoms with Gasteiger partial charge in [0.25, 0.3) is 0 Å². The summed E-state index contributed by atoms with van der Waals surface area (Å²) in [5, 5.41) is 10.6. The van der Waals surface area contributed by atoms with E-state index >= 15 is 0 Å². The molecule has 1 aliphatic carbocycles. The van der Waals surface area contributed by atoms with Gasteiger partial charge < -0.3 is 20.1 Å². The van der Waals surface area contributed by atoms with Crippen LogP contribution < -0.4 is 15.4 Å². The van der Waals surface area contributed by atoms with Gasteiger partial charge >= 0.3 is 6.09 Å². The number of nitrogens with one attached hydrogen (secondary N) is 2. The first kappa shape index (κ1) is 16.6. The monoisotopic (exact) mass is 310 g/mol. The van der Waals surface area contributed by atoms with E-state index in [4.69, 9.17) is 9.47 Å². The Labute approximate surface area is 131 Å². The van der Waals surface area contributed by atoms with Gasteiger partial charge in [0.2, 0.25) is 5.88 Å². The molecule has 124 valence electrons. The van der Waals surface area contributed by atoms with Crippen molar-refractivity contribution >= 4 is 6.09 Å². The van der Waals surface area contributed by atoms with Crippen molar-refractivity contribution in [3.63, 3.8) is 0 Å². The van der Waals surface area contributed by atoms with E-state index in [0.29, 0.717) is 6.54 Å². The lowest BCUT2D eigenvalue weighted by Crippen LogP contribution is -2.36. The number of carbonyl (C=O) groups excluding carboxylic acids is 1. The maximum Gasteiger partial charge on any atom is 0.407 e. The zero-order valence-electron chi connectivity index (χ0n) is 14.2. The van der Waals surface area contributed by atoms with E-state index in [2.05, 4.69) is 15.7 Å². The van der Waals surface area contributed by atoms with Crippen LogP contribution in [0.4, 0.5) is 4.79 Å². The van der Waals surface area contributed by atoms with Gasteiger partial charge in [-0.1, -0.05) is 0 Å². The molecule has 2 N–H and O–H groups in total.